The molecule has 0 aliphatic rings. The van der Waals surface area contributed by atoms with Crippen molar-refractivity contribution in [3.05, 3.63) is 112 Å². The molecule has 3 aromatic carbocycles. The Morgan fingerprint density at radius 3 is 2.15 bits per heavy atom. The summed E-state index contributed by atoms with van der Waals surface area (Å²) in [4.78, 5) is 38.3. The molecule has 0 unspecified atom stereocenters. The topological polar surface area (TPSA) is 85.1 Å². The molecule has 0 radical (unpaired) electrons. The Balaban J connectivity index is 1.46. The molecule has 34 heavy (non-hydrogen) atoms. The summed E-state index contributed by atoms with van der Waals surface area (Å²) in [6.07, 6.45) is 0.577. The predicted octanol–water partition coefficient (Wildman–Crippen LogP) is 4.31. The van der Waals surface area contributed by atoms with Gasteiger partial charge in [-0.05, 0) is 49.2 Å². The van der Waals surface area contributed by atoms with Crippen LogP contribution in [0.1, 0.15) is 28.0 Å². The summed E-state index contributed by atoms with van der Waals surface area (Å²) < 4.78 is 3.25. The first-order valence-corrected chi connectivity index (χ1v) is 11.0. The summed E-state index contributed by atoms with van der Waals surface area (Å²) in [5.74, 6) is -0.478. The van der Waals surface area contributed by atoms with E-state index in [4.69, 9.17) is 0 Å². The van der Waals surface area contributed by atoms with Crippen LogP contribution in [0.25, 0.3) is 5.69 Å². The molecule has 0 aliphatic carbocycles. The van der Waals surface area contributed by atoms with E-state index in [-0.39, 0.29) is 29.5 Å². The normalized spacial score (nSPS) is 10.6. The molecular weight excluding hydrogens is 428 g/mol. The molecule has 0 spiro atoms. The molecule has 0 bridgehead atoms. The van der Waals surface area contributed by atoms with E-state index in [0.717, 1.165) is 11.3 Å². The van der Waals surface area contributed by atoms with Crippen molar-refractivity contribution >= 4 is 23.2 Å². The summed E-state index contributed by atoms with van der Waals surface area (Å²) in [5.41, 5.74) is 3.43. The second-order valence-electron chi connectivity index (χ2n) is 7.96. The molecule has 0 atom stereocenters. The molecule has 172 valence electrons. The molecule has 0 fully saturated rings. The van der Waals surface area contributed by atoms with Gasteiger partial charge in [0.15, 0.2) is 0 Å². The van der Waals surface area contributed by atoms with E-state index in [9.17, 15) is 14.4 Å². The average Bonchev–Trinajstić information content (AvgIpc) is 3.07. The van der Waals surface area contributed by atoms with Gasteiger partial charge in [0, 0.05) is 24.7 Å². The average molecular weight is 455 g/mol. The lowest BCUT2D eigenvalue weighted by atomic mass is 10.1. The van der Waals surface area contributed by atoms with Crippen molar-refractivity contribution in [2.75, 3.05) is 10.6 Å². The third-order valence-electron chi connectivity index (χ3n) is 5.74. The van der Waals surface area contributed by atoms with Gasteiger partial charge in [0.2, 0.25) is 5.91 Å². The monoisotopic (exact) mass is 454 g/mol. The number of hydrogen-bond donors (Lipinski definition) is 2. The second kappa shape index (κ2) is 10.0. The summed E-state index contributed by atoms with van der Waals surface area (Å²) in [7, 11) is 1.78. The van der Waals surface area contributed by atoms with Gasteiger partial charge in [-0.1, -0.05) is 54.6 Å². The van der Waals surface area contributed by atoms with Gasteiger partial charge in [-0.3, -0.25) is 19.1 Å². The Hall–Kier alpha value is -4.39. The zero-order chi connectivity index (χ0) is 24.1. The number of benzene rings is 3. The highest BCUT2D eigenvalue weighted by molar-refractivity contribution is 6.04. The fourth-order valence-electron chi connectivity index (χ4n) is 3.81. The van der Waals surface area contributed by atoms with Gasteiger partial charge in [-0.2, -0.15) is 0 Å². The third-order valence-corrected chi connectivity index (χ3v) is 5.74. The van der Waals surface area contributed by atoms with Crippen LogP contribution in [0.5, 0.6) is 0 Å². The zero-order valence-corrected chi connectivity index (χ0v) is 19.1. The van der Waals surface area contributed by atoms with E-state index in [2.05, 4.69) is 10.6 Å². The summed E-state index contributed by atoms with van der Waals surface area (Å²) >= 11 is 0. The highest BCUT2D eigenvalue weighted by Crippen LogP contribution is 2.19. The fraction of sp³-hybridized carbons (Fsp3) is 0.148. The lowest BCUT2D eigenvalue weighted by Crippen LogP contribution is -2.23. The lowest BCUT2D eigenvalue weighted by Gasteiger charge is -2.11. The van der Waals surface area contributed by atoms with Crippen LogP contribution in [0.15, 0.2) is 89.7 Å². The number of carbonyl (C=O) groups is 2. The SMILES string of the molecule is Cc1c(NC(=O)CCc2ccccc2NC(=O)c2ccccc2)c(=O)n(-c2ccccc2)n1C. The van der Waals surface area contributed by atoms with Gasteiger partial charge >= 0.3 is 0 Å². The number of nitrogens with one attached hydrogen (secondary N) is 2. The molecule has 4 rings (SSSR count). The van der Waals surface area contributed by atoms with E-state index < -0.39 is 0 Å². The third kappa shape index (κ3) is 4.83. The standard InChI is InChI=1S/C27H26N4O3/c1-19-25(27(34)31(30(19)2)22-14-7-4-8-15-22)29-24(32)18-17-20-11-9-10-16-23(20)28-26(33)21-12-5-3-6-13-21/h3-16H,17-18H2,1-2H3,(H,28,33)(H,29,32). The molecule has 2 amide bonds. The van der Waals surface area contributed by atoms with Crippen LogP contribution in [-0.2, 0) is 18.3 Å². The molecule has 1 heterocycles. The Morgan fingerprint density at radius 2 is 1.44 bits per heavy atom. The van der Waals surface area contributed by atoms with Crippen LogP contribution in [0.4, 0.5) is 11.4 Å². The minimum atomic E-state index is -0.282. The number of carbonyl (C=O) groups excluding carboxylic acids is 2. The van der Waals surface area contributed by atoms with Crippen molar-refractivity contribution in [1.82, 2.24) is 9.36 Å². The van der Waals surface area contributed by atoms with Crippen molar-refractivity contribution in [2.45, 2.75) is 19.8 Å². The first-order valence-electron chi connectivity index (χ1n) is 11.0. The number of aryl methyl sites for hydroxylation is 1. The van der Waals surface area contributed by atoms with Crippen molar-refractivity contribution < 1.29 is 9.59 Å². The maximum atomic E-state index is 13.0. The van der Waals surface area contributed by atoms with E-state index in [1.54, 1.807) is 30.8 Å². The second-order valence-corrected chi connectivity index (χ2v) is 7.96. The van der Waals surface area contributed by atoms with E-state index in [0.29, 0.717) is 23.4 Å². The minimum absolute atomic E-state index is 0.164. The van der Waals surface area contributed by atoms with E-state index in [1.165, 1.54) is 4.68 Å². The largest absolute Gasteiger partial charge is 0.322 e. The quantitative estimate of drug-likeness (QED) is 0.436. The van der Waals surface area contributed by atoms with Crippen LogP contribution in [-0.4, -0.2) is 21.2 Å². The highest BCUT2D eigenvalue weighted by Gasteiger charge is 2.18. The van der Waals surface area contributed by atoms with E-state index in [1.807, 2.05) is 72.8 Å². The van der Waals surface area contributed by atoms with Crippen molar-refractivity contribution in [1.29, 1.82) is 0 Å². The Labute approximate surface area is 197 Å². The zero-order valence-electron chi connectivity index (χ0n) is 19.1. The first-order chi connectivity index (χ1) is 16.5. The fourth-order valence-corrected chi connectivity index (χ4v) is 3.81. The van der Waals surface area contributed by atoms with Crippen LogP contribution >= 0.6 is 0 Å². The number of hydrogen-bond acceptors (Lipinski definition) is 3. The number of anilines is 2. The Morgan fingerprint density at radius 1 is 0.824 bits per heavy atom. The first kappa shape index (κ1) is 22.8. The highest BCUT2D eigenvalue weighted by atomic mass is 16.2. The lowest BCUT2D eigenvalue weighted by molar-refractivity contribution is -0.116. The molecule has 0 saturated heterocycles. The molecule has 2 N–H and O–H groups in total. The van der Waals surface area contributed by atoms with Crippen LogP contribution in [0.2, 0.25) is 0 Å². The minimum Gasteiger partial charge on any atom is -0.322 e. The Kier molecular flexibility index (Phi) is 6.73. The van der Waals surface area contributed by atoms with E-state index >= 15 is 0 Å². The van der Waals surface area contributed by atoms with Crippen molar-refractivity contribution in [2.24, 2.45) is 7.05 Å². The molecule has 1 aromatic heterocycles. The maximum absolute atomic E-state index is 13.0. The summed E-state index contributed by atoms with van der Waals surface area (Å²) in [5, 5.41) is 5.71. The van der Waals surface area contributed by atoms with Gasteiger partial charge in [0.25, 0.3) is 11.5 Å². The van der Waals surface area contributed by atoms with Gasteiger partial charge in [-0.15, -0.1) is 0 Å². The molecule has 7 nitrogen and oxygen atoms in total. The van der Waals surface area contributed by atoms with Crippen LogP contribution in [0.3, 0.4) is 0 Å². The number of rotatable bonds is 7. The van der Waals surface area contributed by atoms with Crippen LogP contribution in [0, 0.1) is 6.92 Å². The van der Waals surface area contributed by atoms with Gasteiger partial charge < -0.3 is 10.6 Å². The molecule has 7 heteroatoms. The summed E-state index contributed by atoms with van der Waals surface area (Å²) in [6, 6.07) is 25.6. The molecular formula is C27H26N4O3. The number of para-hydroxylation sites is 2. The van der Waals surface area contributed by atoms with Gasteiger partial charge in [-0.25, -0.2) is 4.68 Å². The van der Waals surface area contributed by atoms with Crippen molar-refractivity contribution in [3.8, 4) is 5.69 Å². The Bertz CT molecular complexity index is 1370. The molecule has 0 saturated carbocycles. The van der Waals surface area contributed by atoms with Crippen LogP contribution < -0.4 is 16.2 Å². The van der Waals surface area contributed by atoms with Gasteiger partial charge in [0.1, 0.15) is 5.69 Å². The number of aromatic nitrogens is 2. The summed E-state index contributed by atoms with van der Waals surface area (Å²) in [6.45, 7) is 1.80. The smallest absolute Gasteiger partial charge is 0.295 e. The van der Waals surface area contributed by atoms with Crippen molar-refractivity contribution in [3.63, 3.8) is 0 Å². The maximum Gasteiger partial charge on any atom is 0.295 e. The predicted molar refractivity (Wildman–Crippen MR) is 134 cm³/mol. The molecule has 4 aromatic rings. The number of amides is 2. The number of nitrogens with zero attached hydrogens (tertiary/aromatic N) is 2. The molecule has 0 aliphatic heterocycles. The van der Waals surface area contributed by atoms with Gasteiger partial charge in [0.05, 0.1) is 11.4 Å².